The fraction of sp³-hybridized carbons (Fsp3) is 0.833. The van der Waals surface area contributed by atoms with Gasteiger partial charge in [0.15, 0.2) is 0 Å². The zero-order chi connectivity index (χ0) is 13.3. The number of hydrogen-bond acceptors (Lipinski definition) is 3. The highest BCUT2D eigenvalue weighted by molar-refractivity contribution is 5.80. The van der Waals surface area contributed by atoms with E-state index in [1.54, 1.807) is 0 Å². The second kappa shape index (κ2) is 4.76. The van der Waals surface area contributed by atoms with E-state index in [1.807, 2.05) is 6.92 Å². The van der Waals surface area contributed by atoms with Crippen LogP contribution in [0.1, 0.15) is 26.2 Å². The van der Waals surface area contributed by atoms with Crippen LogP contribution in [-0.2, 0) is 9.53 Å². The Morgan fingerprint density at radius 3 is 2.50 bits per heavy atom. The first-order valence-electron chi connectivity index (χ1n) is 6.31. The quantitative estimate of drug-likeness (QED) is 0.772. The Bertz CT molecular complexity index is 352. The Labute approximate surface area is 106 Å². The van der Waals surface area contributed by atoms with Crippen molar-refractivity contribution < 1.29 is 19.4 Å². The van der Waals surface area contributed by atoms with Crippen LogP contribution in [0.4, 0.5) is 4.79 Å². The predicted octanol–water partition coefficient (Wildman–Crippen LogP) is 0.657. The molecule has 1 aliphatic carbocycles. The summed E-state index contributed by atoms with van der Waals surface area (Å²) in [5, 5.41) is 8.82. The van der Waals surface area contributed by atoms with Gasteiger partial charge in [-0.05, 0) is 19.3 Å². The van der Waals surface area contributed by atoms with Crippen molar-refractivity contribution in [3.63, 3.8) is 0 Å². The third kappa shape index (κ3) is 2.75. The summed E-state index contributed by atoms with van der Waals surface area (Å²) in [6, 6.07) is 0. The maximum Gasteiger partial charge on any atom is 0.407 e. The van der Waals surface area contributed by atoms with E-state index < -0.39 is 6.09 Å². The van der Waals surface area contributed by atoms with Crippen molar-refractivity contribution in [2.75, 3.05) is 19.7 Å². The van der Waals surface area contributed by atoms with Gasteiger partial charge in [-0.25, -0.2) is 4.79 Å². The van der Waals surface area contributed by atoms with Gasteiger partial charge >= 0.3 is 6.09 Å². The maximum atomic E-state index is 11.0. The number of nitrogens with zero attached hydrogens (tertiary/aromatic N) is 1. The summed E-state index contributed by atoms with van der Waals surface area (Å²) in [4.78, 5) is 23.2. The van der Waals surface area contributed by atoms with E-state index in [0.717, 1.165) is 19.3 Å². The second-order valence-corrected chi connectivity index (χ2v) is 5.59. The van der Waals surface area contributed by atoms with Crippen LogP contribution >= 0.6 is 0 Å². The molecule has 102 valence electrons. The molecule has 0 bridgehead atoms. The van der Waals surface area contributed by atoms with Crippen LogP contribution in [-0.4, -0.2) is 47.8 Å². The number of ether oxygens (including phenoxy) is 1. The molecule has 2 unspecified atom stereocenters. The molecule has 2 atom stereocenters. The standard InChI is InChI=1S/C12H20N2O4/c1-12(6-9(12)10(13)15)7-18-8-2-4-14(5-3-8)11(16)17/h8-9H,2-7H2,1H3,(H2,13,15)(H,16,17). The number of piperidine rings is 1. The molecule has 1 saturated heterocycles. The minimum Gasteiger partial charge on any atom is -0.465 e. The smallest absolute Gasteiger partial charge is 0.407 e. The van der Waals surface area contributed by atoms with Crippen LogP contribution in [0.15, 0.2) is 0 Å². The Morgan fingerprint density at radius 2 is 2.06 bits per heavy atom. The van der Waals surface area contributed by atoms with Crippen molar-refractivity contribution in [3.05, 3.63) is 0 Å². The minimum absolute atomic E-state index is 0.0587. The normalized spacial score (nSPS) is 32.3. The van der Waals surface area contributed by atoms with Crippen LogP contribution in [0.2, 0.25) is 0 Å². The minimum atomic E-state index is -0.864. The van der Waals surface area contributed by atoms with E-state index >= 15 is 0 Å². The zero-order valence-corrected chi connectivity index (χ0v) is 10.6. The van der Waals surface area contributed by atoms with Gasteiger partial charge in [-0.1, -0.05) is 6.92 Å². The molecule has 0 spiro atoms. The molecule has 0 aromatic rings. The van der Waals surface area contributed by atoms with Gasteiger partial charge in [0.05, 0.1) is 12.7 Å². The molecule has 6 nitrogen and oxygen atoms in total. The molecule has 1 heterocycles. The lowest BCUT2D eigenvalue weighted by Crippen LogP contribution is -2.40. The van der Waals surface area contributed by atoms with E-state index in [2.05, 4.69) is 0 Å². The molecule has 2 fully saturated rings. The van der Waals surface area contributed by atoms with Crippen LogP contribution in [0.25, 0.3) is 0 Å². The fourth-order valence-corrected chi connectivity index (χ4v) is 2.53. The number of nitrogens with two attached hydrogens (primary N) is 1. The summed E-state index contributed by atoms with van der Waals surface area (Å²) < 4.78 is 5.79. The second-order valence-electron chi connectivity index (χ2n) is 5.59. The predicted molar refractivity (Wildman–Crippen MR) is 64.0 cm³/mol. The van der Waals surface area contributed by atoms with Gasteiger partial charge in [0.1, 0.15) is 0 Å². The van der Waals surface area contributed by atoms with Crippen molar-refractivity contribution in [2.24, 2.45) is 17.1 Å². The van der Waals surface area contributed by atoms with Gasteiger partial charge in [-0.2, -0.15) is 0 Å². The Morgan fingerprint density at radius 1 is 1.44 bits per heavy atom. The largest absolute Gasteiger partial charge is 0.465 e. The summed E-state index contributed by atoms with van der Waals surface area (Å²) >= 11 is 0. The van der Waals surface area contributed by atoms with Crippen molar-refractivity contribution >= 4 is 12.0 Å². The molecule has 0 radical (unpaired) electrons. The van der Waals surface area contributed by atoms with E-state index in [1.165, 1.54) is 4.90 Å². The van der Waals surface area contributed by atoms with E-state index in [-0.39, 0.29) is 23.3 Å². The number of carboxylic acid groups (broad SMARTS) is 1. The van der Waals surface area contributed by atoms with Crippen molar-refractivity contribution in [1.29, 1.82) is 0 Å². The molecule has 0 aromatic carbocycles. The zero-order valence-electron chi connectivity index (χ0n) is 10.6. The number of likely N-dealkylation sites (tertiary alicyclic amines) is 1. The first-order valence-corrected chi connectivity index (χ1v) is 6.31. The van der Waals surface area contributed by atoms with Gasteiger partial charge in [-0.15, -0.1) is 0 Å². The molecule has 6 heteroatoms. The molecule has 2 amide bonds. The molecular weight excluding hydrogens is 236 g/mol. The van der Waals surface area contributed by atoms with Gasteiger partial charge in [0, 0.05) is 24.4 Å². The van der Waals surface area contributed by atoms with Crippen molar-refractivity contribution in [1.82, 2.24) is 4.90 Å². The first-order chi connectivity index (χ1) is 8.42. The van der Waals surface area contributed by atoms with Crippen LogP contribution in [0.3, 0.4) is 0 Å². The van der Waals surface area contributed by atoms with Gasteiger partial charge < -0.3 is 20.5 Å². The average Bonchev–Trinajstić information content (AvgIpc) is 3.00. The van der Waals surface area contributed by atoms with Crippen LogP contribution in [0.5, 0.6) is 0 Å². The fourth-order valence-electron chi connectivity index (χ4n) is 2.53. The number of carbonyl (C=O) groups is 2. The number of amides is 2. The monoisotopic (exact) mass is 256 g/mol. The number of hydrogen-bond donors (Lipinski definition) is 2. The summed E-state index contributed by atoms with van der Waals surface area (Å²) in [6.07, 6.45) is 1.49. The summed E-state index contributed by atoms with van der Waals surface area (Å²) in [5.74, 6) is -0.307. The SMILES string of the molecule is CC1(COC2CCN(C(=O)O)CC2)CC1C(N)=O. The molecular formula is C12H20N2O4. The first kappa shape index (κ1) is 13.1. The Hall–Kier alpha value is -1.30. The lowest BCUT2D eigenvalue weighted by atomic mass is 10.1. The maximum absolute atomic E-state index is 11.0. The molecule has 1 aliphatic heterocycles. The van der Waals surface area contributed by atoms with Crippen LogP contribution < -0.4 is 5.73 Å². The Kier molecular flexibility index (Phi) is 3.47. The van der Waals surface area contributed by atoms with E-state index in [4.69, 9.17) is 15.6 Å². The van der Waals surface area contributed by atoms with Crippen molar-refractivity contribution in [2.45, 2.75) is 32.3 Å². The molecule has 3 N–H and O–H groups in total. The highest BCUT2D eigenvalue weighted by Crippen LogP contribution is 2.52. The lowest BCUT2D eigenvalue weighted by Gasteiger charge is -2.30. The Balaban J connectivity index is 1.70. The number of rotatable bonds is 4. The van der Waals surface area contributed by atoms with E-state index in [9.17, 15) is 9.59 Å². The summed E-state index contributed by atoms with van der Waals surface area (Å²) in [5.41, 5.74) is 5.17. The average molecular weight is 256 g/mol. The topological polar surface area (TPSA) is 92.9 Å². The highest BCUT2D eigenvalue weighted by Gasteiger charge is 2.54. The van der Waals surface area contributed by atoms with Gasteiger partial charge in [0.2, 0.25) is 5.91 Å². The molecule has 1 saturated carbocycles. The highest BCUT2D eigenvalue weighted by atomic mass is 16.5. The van der Waals surface area contributed by atoms with Gasteiger partial charge in [0.25, 0.3) is 0 Å². The van der Waals surface area contributed by atoms with E-state index in [0.29, 0.717) is 19.7 Å². The van der Waals surface area contributed by atoms with Crippen molar-refractivity contribution in [3.8, 4) is 0 Å². The molecule has 2 rings (SSSR count). The molecule has 0 aromatic heterocycles. The third-order valence-electron chi connectivity index (χ3n) is 4.06. The molecule has 18 heavy (non-hydrogen) atoms. The van der Waals surface area contributed by atoms with Gasteiger partial charge in [-0.3, -0.25) is 4.79 Å². The lowest BCUT2D eigenvalue weighted by molar-refractivity contribution is -0.120. The summed E-state index contributed by atoms with van der Waals surface area (Å²) in [6.45, 7) is 3.60. The number of carbonyl (C=O) groups excluding carboxylic acids is 1. The third-order valence-corrected chi connectivity index (χ3v) is 4.06. The van der Waals surface area contributed by atoms with Crippen LogP contribution in [0, 0.1) is 11.3 Å². The summed E-state index contributed by atoms with van der Waals surface area (Å²) in [7, 11) is 0. The number of primary amides is 1. The molecule has 2 aliphatic rings.